The number of nitrogens with one attached hydrogen (secondary N) is 1. The molecule has 0 spiro atoms. The fraction of sp³-hybridized carbons (Fsp3) is 0.846. The molecule has 0 aromatic heterocycles. The summed E-state index contributed by atoms with van der Waals surface area (Å²) in [5.41, 5.74) is -0.685. The van der Waals surface area contributed by atoms with E-state index in [1.54, 1.807) is 4.90 Å². The van der Waals surface area contributed by atoms with Crippen molar-refractivity contribution < 1.29 is 18.0 Å². The van der Waals surface area contributed by atoms with Crippen molar-refractivity contribution in [1.82, 2.24) is 10.2 Å². The molecule has 7 heteroatoms. The smallest absolute Gasteiger partial charge is 0.245 e. The van der Waals surface area contributed by atoms with E-state index in [2.05, 4.69) is 5.32 Å². The average molecular weight is 302 g/mol. The summed E-state index contributed by atoms with van der Waals surface area (Å²) in [4.78, 5) is 26.0. The van der Waals surface area contributed by atoms with E-state index in [9.17, 15) is 18.0 Å². The molecule has 6 nitrogen and oxygen atoms in total. The fourth-order valence-corrected chi connectivity index (χ4v) is 5.14. The summed E-state index contributed by atoms with van der Waals surface area (Å²) < 4.78 is 23.5. The molecule has 2 unspecified atom stereocenters. The molecule has 2 aliphatic rings. The van der Waals surface area contributed by atoms with Gasteiger partial charge in [-0.2, -0.15) is 0 Å². The van der Waals surface area contributed by atoms with Gasteiger partial charge in [-0.25, -0.2) is 8.42 Å². The van der Waals surface area contributed by atoms with Crippen molar-refractivity contribution in [2.75, 3.05) is 18.1 Å². The number of hydrogen-bond acceptors (Lipinski definition) is 4. The molecule has 1 N–H and O–H groups in total. The molecule has 2 fully saturated rings. The van der Waals surface area contributed by atoms with Gasteiger partial charge in [0.1, 0.15) is 6.04 Å². The molecule has 2 saturated heterocycles. The second kappa shape index (κ2) is 5.02. The molecule has 0 saturated carbocycles. The van der Waals surface area contributed by atoms with E-state index in [1.165, 1.54) is 0 Å². The maximum Gasteiger partial charge on any atom is 0.245 e. The summed E-state index contributed by atoms with van der Waals surface area (Å²) >= 11 is 0. The lowest BCUT2D eigenvalue weighted by Crippen LogP contribution is -2.56. The predicted octanol–water partition coefficient (Wildman–Crippen LogP) is -0.0633. The third-order valence-electron chi connectivity index (χ3n) is 4.21. The SMILES string of the molecule is CC(C)C1NC(=O)CCN(C2(C)CCS(=O)(=O)C2)C1=O. The molecule has 2 amide bonds. The first-order valence-electron chi connectivity index (χ1n) is 6.96. The van der Waals surface area contributed by atoms with Gasteiger partial charge in [0.2, 0.25) is 11.8 Å². The van der Waals surface area contributed by atoms with Crippen LogP contribution < -0.4 is 5.32 Å². The van der Waals surface area contributed by atoms with Crippen molar-refractivity contribution >= 4 is 21.7 Å². The largest absolute Gasteiger partial charge is 0.344 e. The summed E-state index contributed by atoms with van der Waals surface area (Å²) in [6.07, 6.45) is 0.671. The van der Waals surface area contributed by atoms with Crippen molar-refractivity contribution in [2.45, 2.75) is 45.2 Å². The van der Waals surface area contributed by atoms with Crippen LogP contribution in [-0.2, 0) is 19.4 Å². The first-order valence-corrected chi connectivity index (χ1v) is 8.78. The average Bonchev–Trinajstić information content (AvgIpc) is 2.50. The highest BCUT2D eigenvalue weighted by Gasteiger charge is 2.47. The first-order chi connectivity index (χ1) is 9.15. The molecule has 2 aliphatic heterocycles. The highest BCUT2D eigenvalue weighted by molar-refractivity contribution is 7.91. The second-order valence-electron chi connectivity index (χ2n) is 6.37. The van der Waals surface area contributed by atoms with Gasteiger partial charge >= 0.3 is 0 Å². The van der Waals surface area contributed by atoms with Crippen molar-refractivity contribution in [3.8, 4) is 0 Å². The maximum absolute atomic E-state index is 12.7. The molecular weight excluding hydrogens is 280 g/mol. The number of amides is 2. The minimum Gasteiger partial charge on any atom is -0.344 e. The zero-order valence-electron chi connectivity index (χ0n) is 12.2. The van der Waals surface area contributed by atoms with Crippen molar-refractivity contribution in [3.63, 3.8) is 0 Å². The van der Waals surface area contributed by atoms with Gasteiger partial charge in [0.05, 0.1) is 17.0 Å². The number of rotatable bonds is 2. The fourth-order valence-electron chi connectivity index (χ4n) is 2.99. The highest BCUT2D eigenvalue weighted by atomic mass is 32.2. The number of hydrogen-bond donors (Lipinski definition) is 1. The number of carbonyl (C=O) groups is 2. The zero-order chi connectivity index (χ0) is 15.1. The summed E-state index contributed by atoms with van der Waals surface area (Å²) in [5.74, 6) is -0.228. The Balaban J connectivity index is 2.30. The predicted molar refractivity (Wildman–Crippen MR) is 74.8 cm³/mol. The van der Waals surface area contributed by atoms with Crippen LogP contribution >= 0.6 is 0 Å². The standard InChI is InChI=1S/C13H22N2O4S/c1-9(2)11-12(17)15(6-4-10(16)14-11)13(3)5-7-20(18,19)8-13/h9,11H,4-8H2,1-3H3,(H,14,16). The normalized spacial score (nSPS) is 34.2. The van der Waals surface area contributed by atoms with E-state index in [0.717, 1.165) is 0 Å². The van der Waals surface area contributed by atoms with Crippen LogP contribution in [0.1, 0.15) is 33.6 Å². The van der Waals surface area contributed by atoms with Crippen molar-refractivity contribution in [2.24, 2.45) is 5.92 Å². The van der Waals surface area contributed by atoms with Crippen molar-refractivity contribution in [3.05, 3.63) is 0 Å². The van der Waals surface area contributed by atoms with Gasteiger partial charge in [-0.1, -0.05) is 13.8 Å². The number of nitrogens with zero attached hydrogens (tertiary/aromatic N) is 1. The molecule has 0 aromatic carbocycles. The Hall–Kier alpha value is -1.11. The van der Waals surface area contributed by atoms with Gasteiger partial charge in [-0.05, 0) is 19.3 Å². The Morgan fingerprint density at radius 3 is 2.50 bits per heavy atom. The summed E-state index contributed by atoms with van der Waals surface area (Å²) in [5, 5.41) is 2.74. The zero-order valence-corrected chi connectivity index (χ0v) is 13.0. The topological polar surface area (TPSA) is 83.6 Å². The van der Waals surface area contributed by atoms with Crippen molar-refractivity contribution in [1.29, 1.82) is 0 Å². The lowest BCUT2D eigenvalue weighted by Gasteiger charge is -2.38. The molecule has 2 heterocycles. The van der Waals surface area contributed by atoms with Gasteiger partial charge in [0, 0.05) is 13.0 Å². The van der Waals surface area contributed by atoms with Gasteiger partial charge in [-0.3, -0.25) is 9.59 Å². The minimum absolute atomic E-state index is 0.00918. The van der Waals surface area contributed by atoms with Crippen LogP contribution in [0.25, 0.3) is 0 Å². The number of sulfone groups is 1. The summed E-state index contributed by atoms with van der Waals surface area (Å²) in [6, 6.07) is -0.565. The van der Waals surface area contributed by atoms with E-state index in [4.69, 9.17) is 0 Å². The minimum atomic E-state index is -3.09. The maximum atomic E-state index is 12.7. The monoisotopic (exact) mass is 302 g/mol. The van der Waals surface area contributed by atoms with Crippen LogP contribution in [0.5, 0.6) is 0 Å². The van der Waals surface area contributed by atoms with Crippen LogP contribution in [-0.4, -0.2) is 54.8 Å². The van der Waals surface area contributed by atoms with E-state index < -0.39 is 21.4 Å². The molecule has 20 heavy (non-hydrogen) atoms. The first kappa shape index (κ1) is 15.3. The molecule has 2 rings (SSSR count). The Bertz CT molecular complexity index is 528. The second-order valence-corrected chi connectivity index (χ2v) is 8.55. The third kappa shape index (κ3) is 2.82. The van der Waals surface area contributed by atoms with E-state index >= 15 is 0 Å². The molecule has 0 aliphatic carbocycles. The Morgan fingerprint density at radius 1 is 1.35 bits per heavy atom. The number of carbonyl (C=O) groups excluding carboxylic acids is 2. The van der Waals surface area contributed by atoms with Gasteiger partial charge < -0.3 is 10.2 Å². The van der Waals surface area contributed by atoms with Gasteiger partial charge in [-0.15, -0.1) is 0 Å². The quantitative estimate of drug-likeness (QED) is 0.774. The molecule has 0 bridgehead atoms. The molecule has 0 radical (unpaired) electrons. The molecule has 2 atom stereocenters. The lowest BCUT2D eigenvalue weighted by atomic mass is 9.96. The van der Waals surface area contributed by atoms with Gasteiger partial charge in [0.15, 0.2) is 9.84 Å². The lowest BCUT2D eigenvalue weighted by molar-refractivity contribution is -0.139. The highest BCUT2D eigenvalue weighted by Crippen LogP contribution is 2.31. The Labute approximate surface area is 119 Å². The Kier molecular flexibility index (Phi) is 3.83. The summed E-state index contributed by atoms with van der Waals surface area (Å²) in [6.45, 7) is 5.85. The molecule has 114 valence electrons. The third-order valence-corrected chi connectivity index (χ3v) is 6.10. The van der Waals surface area contributed by atoms with Crippen LogP contribution in [0.4, 0.5) is 0 Å². The molecular formula is C13H22N2O4S. The van der Waals surface area contributed by atoms with Crippen LogP contribution in [0.3, 0.4) is 0 Å². The van der Waals surface area contributed by atoms with E-state index in [1.807, 2.05) is 20.8 Å². The summed E-state index contributed by atoms with van der Waals surface area (Å²) in [7, 11) is -3.09. The van der Waals surface area contributed by atoms with E-state index in [0.29, 0.717) is 13.0 Å². The Morgan fingerprint density at radius 2 is 2.00 bits per heavy atom. The van der Waals surface area contributed by atoms with E-state index in [-0.39, 0.29) is 35.7 Å². The van der Waals surface area contributed by atoms with Crippen LogP contribution in [0, 0.1) is 5.92 Å². The van der Waals surface area contributed by atoms with Gasteiger partial charge in [0.25, 0.3) is 0 Å². The molecule has 0 aromatic rings. The van der Waals surface area contributed by atoms with Crippen LogP contribution in [0.15, 0.2) is 0 Å². The van der Waals surface area contributed by atoms with Crippen LogP contribution in [0.2, 0.25) is 0 Å².